The monoisotopic (exact) mass is 569 g/mol. The van der Waals surface area contributed by atoms with E-state index in [1.54, 1.807) is 32.4 Å². The van der Waals surface area contributed by atoms with Gasteiger partial charge in [0.25, 0.3) is 5.91 Å². The van der Waals surface area contributed by atoms with Gasteiger partial charge in [0.1, 0.15) is 5.75 Å². The molecule has 2 aromatic rings. The Bertz CT molecular complexity index is 1170. The van der Waals surface area contributed by atoms with Crippen LogP contribution in [0.5, 0.6) is 17.2 Å². The van der Waals surface area contributed by atoms with Crippen LogP contribution in [0.1, 0.15) is 41.8 Å². The maximum absolute atomic E-state index is 13.7. The maximum atomic E-state index is 13.7. The fraction of sp³-hybridized carbons (Fsp3) is 0.548. The van der Waals surface area contributed by atoms with Crippen LogP contribution in [0.3, 0.4) is 0 Å². The van der Waals surface area contributed by atoms with Gasteiger partial charge < -0.3 is 39.2 Å². The summed E-state index contributed by atoms with van der Waals surface area (Å²) in [5.41, 5.74) is 2.72. The number of nitrogens with zero attached hydrogens (tertiary/aromatic N) is 1. The Morgan fingerprint density at radius 2 is 1.90 bits per heavy atom. The van der Waals surface area contributed by atoms with Crippen LogP contribution in [0.15, 0.2) is 36.4 Å². The van der Waals surface area contributed by atoms with Crippen molar-refractivity contribution in [3.63, 3.8) is 0 Å². The van der Waals surface area contributed by atoms with Gasteiger partial charge in [-0.05, 0) is 55.2 Å². The molecule has 2 heterocycles. The average Bonchev–Trinajstić information content (AvgIpc) is 3.64. The molecule has 41 heavy (non-hydrogen) atoms. The number of carbonyl (C=O) groups excluding carboxylic acids is 2. The van der Waals surface area contributed by atoms with Crippen molar-refractivity contribution in [2.24, 2.45) is 11.8 Å². The standard InChI is InChI=1S/C31H43N3O7/c1-21(2)34(30(35)24-7-9-28(38-4)29(15-24)39-12-5-11-37-3)19-25-17-32-18-26(25)20-41-31(36)33-16-22-6-8-27-23(14-22)10-13-40-27/h6-9,14-15,21,25-26,32H,5,10-13,16-20H2,1-4H3,(H,33,36)/t25-,26?/m0/s1. The molecule has 4 rings (SSSR count). The van der Waals surface area contributed by atoms with Gasteiger partial charge in [0.15, 0.2) is 11.5 Å². The molecule has 0 aliphatic carbocycles. The lowest BCUT2D eigenvalue weighted by Gasteiger charge is -2.31. The molecule has 2 aliphatic heterocycles. The highest BCUT2D eigenvalue weighted by atomic mass is 16.5. The summed E-state index contributed by atoms with van der Waals surface area (Å²) in [4.78, 5) is 28.0. The van der Waals surface area contributed by atoms with E-state index in [0.717, 1.165) is 37.2 Å². The summed E-state index contributed by atoms with van der Waals surface area (Å²) in [6.07, 6.45) is 1.18. The van der Waals surface area contributed by atoms with Gasteiger partial charge in [0, 0.05) is 70.3 Å². The van der Waals surface area contributed by atoms with Crippen molar-refractivity contribution in [1.29, 1.82) is 0 Å². The van der Waals surface area contributed by atoms with E-state index in [0.29, 0.717) is 50.0 Å². The predicted octanol–water partition coefficient (Wildman–Crippen LogP) is 3.66. The smallest absolute Gasteiger partial charge is 0.407 e. The normalized spacial score (nSPS) is 17.6. The van der Waals surface area contributed by atoms with Crippen LogP contribution in [0.2, 0.25) is 0 Å². The summed E-state index contributed by atoms with van der Waals surface area (Å²) >= 11 is 0. The molecule has 1 fully saturated rings. The summed E-state index contributed by atoms with van der Waals surface area (Å²) in [5.74, 6) is 2.20. The number of nitrogens with one attached hydrogen (secondary N) is 2. The van der Waals surface area contributed by atoms with E-state index in [1.165, 1.54) is 5.56 Å². The van der Waals surface area contributed by atoms with E-state index in [2.05, 4.69) is 16.7 Å². The minimum absolute atomic E-state index is 0.0149. The molecule has 0 radical (unpaired) electrons. The Hall–Kier alpha value is -3.50. The number of hydrogen-bond donors (Lipinski definition) is 2. The topological polar surface area (TPSA) is 108 Å². The molecule has 2 amide bonds. The molecule has 0 saturated carbocycles. The molecule has 10 heteroatoms. The molecule has 0 bridgehead atoms. The van der Waals surface area contributed by atoms with Crippen molar-refractivity contribution in [3.8, 4) is 17.2 Å². The SMILES string of the molecule is COCCCOc1cc(C(=O)N(C[C@@H]2CNCC2COC(=O)NCc2ccc3c(c2)CCO3)C(C)C)ccc1OC. The Morgan fingerprint density at radius 3 is 2.68 bits per heavy atom. The molecule has 224 valence electrons. The third kappa shape index (κ3) is 8.27. The van der Waals surface area contributed by atoms with Crippen LogP contribution >= 0.6 is 0 Å². The number of carbonyl (C=O) groups is 2. The number of amides is 2. The van der Waals surface area contributed by atoms with E-state index in [-0.39, 0.29) is 30.4 Å². The summed E-state index contributed by atoms with van der Waals surface area (Å²) in [7, 11) is 3.23. The van der Waals surface area contributed by atoms with Crippen molar-refractivity contribution in [2.45, 2.75) is 39.3 Å². The van der Waals surface area contributed by atoms with Crippen LogP contribution in [-0.4, -0.2) is 83.2 Å². The van der Waals surface area contributed by atoms with Crippen LogP contribution < -0.4 is 24.8 Å². The van der Waals surface area contributed by atoms with Crippen LogP contribution in [-0.2, 0) is 22.4 Å². The third-order valence-corrected chi connectivity index (χ3v) is 7.58. The Kier molecular flexibility index (Phi) is 11.1. The molecule has 10 nitrogen and oxygen atoms in total. The molecule has 2 aromatic carbocycles. The van der Waals surface area contributed by atoms with Crippen LogP contribution in [0, 0.1) is 11.8 Å². The zero-order valence-corrected chi connectivity index (χ0v) is 24.6. The van der Waals surface area contributed by atoms with E-state index in [9.17, 15) is 9.59 Å². The Morgan fingerprint density at radius 1 is 1.07 bits per heavy atom. The maximum Gasteiger partial charge on any atom is 0.407 e. The van der Waals surface area contributed by atoms with Crippen molar-refractivity contribution in [1.82, 2.24) is 15.5 Å². The van der Waals surface area contributed by atoms with Gasteiger partial charge in [-0.2, -0.15) is 0 Å². The second-order valence-electron chi connectivity index (χ2n) is 10.8. The van der Waals surface area contributed by atoms with E-state index in [4.69, 9.17) is 23.7 Å². The fourth-order valence-electron chi connectivity index (χ4n) is 5.21. The second kappa shape index (κ2) is 14.9. The first kappa shape index (κ1) is 30.5. The molecule has 0 aromatic heterocycles. The van der Waals surface area contributed by atoms with Gasteiger partial charge in [-0.15, -0.1) is 0 Å². The first-order valence-corrected chi connectivity index (χ1v) is 14.4. The lowest BCUT2D eigenvalue weighted by molar-refractivity contribution is 0.0628. The summed E-state index contributed by atoms with van der Waals surface area (Å²) in [5, 5.41) is 6.25. The Labute approximate surface area is 242 Å². The van der Waals surface area contributed by atoms with Crippen molar-refractivity contribution >= 4 is 12.0 Å². The molecule has 2 atom stereocenters. The highest BCUT2D eigenvalue weighted by Crippen LogP contribution is 2.30. The lowest BCUT2D eigenvalue weighted by atomic mass is 9.95. The van der Waals surface area contributed by atoms with Gasteiger partial charge in [-0.25, -0.2) is 4.79 Å². The number of hydrogen-bond acceptors (Lipinski definition) is 8. The van der Waals surface area contributed by atoms with Gasteiger partial charge in [0.05, 0.1) is 26.9 Å². The average molecular weight is 570 g/mol. The van der Waals surface area contributed by atoms with E-state index in [1.807, 2.05) is 30.9 Å². The summed E-state index contributed by atoms with van der Waals surface area (Å²) in [6, 6.07) is 11.2. The van der Waals surface area contributed by atoms with Crippen molar-refractivity contribution < 1.29 is 33.3 Å². The quantitative estimate of drug-likeness (QED) is 0.332. The number of ether oxygens (including phenoxy) is 5. The fourth-order valence-corrected chi connectivity index (χ4v) is 5.21. The number of fused-ring (bicyclic) bond motifs is 1. The number of alkyl carbamates (subject to hydrolysis) is 1. The largest absolute Gasteiger partial charge is 0.493 e. The number of benzene rings is 2. The second-order valence-corrected chi connectivity index (χ2v) is 10.8. The van der Waals surface area contributed by atoms with Gasteiger partial charge in [0.2, 0.25) is 0 Å². The van der Waals surface area contributed by atoms with Crippen molar-refractivity contribution in [3.05, 3.63) is 53.1 Å². The Balaban J connectivity index is 1.31. The molecule has 1 saturated heterocycles. The molecular formula is C31H43N3O7. The highest BCUT2D eigenvalue weighted by Gasteiger charge is 2.32. The molecule has 2 aliphatic rings. The molecule has 2 N–H and O–H groups in total. The number of methoxy groups -OCH3 is 2. The zero-order valence-electron chi connectivity index (χ0n) is 24.6. The minimum atomic E-state index is -0.444. The first-order valence-electron chi connectivity index (χ1n) is 14.4. The summed E-state index contributed by atoms with van der Waals surface area (Å²) in [6.45, 7) is 8.48. The van der Waals surface area contributed by atoms with E-state index >= 15 is 0 Å². The van der Waals surface area contributed by atoms with Crippen molar-refractivity contribution in [2.75, 3.05) is 60.3 Å². The first-order chi connectivity index (χ1) is 19.9. The van der Waals surface area contributed by atoms with Crippen LogP contribution in [0.25, 0.3) is 0 Å². The highest BCUT2D eigenvalue weighted by molar-refractivity contribution is 5.95. The minimum Gasteiger partial charge on any atom is -0.493 e. The van der Waals surface area contributed by atoms with Gasteiger partial charge >= 0.3 is 6.09 Å². The van der Waals surface area contributed by atoms with Crippen LogP contribution in [0.4, 0.5) is 4.79 Å². The van der Waals surface area contributed by atoms with Gasteiger partial charge in [-0.3, -0.25) is 4.79 Å². The zero-order chi connectivity index (χ0) is 29.2. The van der Waals surface area contributed by atoms with E-state index < -0.39 is 6.09 Å². The summed E-state index contributed by atoms with van der Waals surface area (Å²) < 4.78 is 27.6. The molecule has 1 unspecified atom stereocenters. The predicted molar refractivity (Wildman–Crippen MR) is 155 cm³/mol. The third-order valence-electron chi connectivity index (χ3n) is 7.58. The molecular weight excluding hydrogens is 526 g/mol. The molecule has 0 spiro atoms. The lowest BCUT2D eigenvalue weighted by Crippen LogP contribution is -2.42. The van der Waals surface area contributed by atoms with Gasteiger partial charge in [-0.1, -0.05) is 12.1 Å². The number of rotatable bonds is 14.